The quantitative estimate of drug-likeness (QED) is 0.664. The molecule has 1 aromatic carbocycles. The molecule has 0 aliphatic carbocycles. The Labute approximate surface area is 120 Å². The molecule has 0 radical (unpaired) electrons. The molecule has 1 heterocycles. The van der Waals surface area contributed by atoms with E-state index >= 15 is 0 Å². The standard InChI is InChI=1S/C13H16N4O2S/c1-7(2)17-12(19)15-16-13(17)20-9-4-5-11(14)10(6-9)8(3)18/h4-7H,14H2,1-3H3,(H,15,19). The molecule has 2 aromatic rings. The van der Waals surface area contributed by atoms with Crippen LogP contribution in [0, 0.1) is 0 Å². The maximum absolute atomic E-state index is 11.7. The lowest BCUT2D eigenvalue weighted by molar-refractivity contribution is 0.101. The first kappa shape index (κ1) is 14.4. The Hall–Kier alpha value is -2.02. The van der Waals surface area contributed by atoms with Gasteiger partial charge in [-0.3, -0.25) is 9.36 Å². The Morgan fingerprint density at radius 1 is 1.45 bits per heavy atom. The van der Waals surface area contributed by atoms with E-state index < -0.39 is 0 Å². The molecular weight excluding hydrogens is 276 g/mol. The van der Waals surface area contributed by atoms with Crippen LogP contribution in [0.15, 0.2) is 33.0 Å². The first-order chi connectivity index (χ1) is 9.40. The van der Waals surface area contributed by atoms with E-state index in [0.717, 1.165) is 4.90 Å². The topological polar surface area (TPSA) is 93.8 Å². The number of aromatic amines is 1. The van der Waals surface area contributed by atoms with Gasteiger partial charge in [-0.2, -0.15) is 0 Å². The van der Waals surface area contributed by atoms with E-state index in [0.29, 0.717) is 16.4 Å². The van der Waals surface area contributed by atoms with Crippen molar-refractivity contribution in [1.82, 2.24) is 14.8 Å². The number of Topliss-reactive ketones (excluding diaryl/α,β-unsaturated/α-hetero) is 1. The summed E-state index contributed by atoms with van der Waals surface area (Å²) < 4.78 is 1.56. The van der Waals surface area contributed by atoms with E-state index in [2.05, 4.69) is 10.2 Å². The molecule has 0 saturated heterocycles. The third-order valence-corrected chi connectivity index (χ3v) is 3.76. The fourth-order valence-electron chi connectivity index (χ4n) is 1.83. The van der Waals surface area contributed by atoms with Crippen molar-refractivity contribution in [3.8, 4) is 0 Å². The number of hydrogen-bond acceptors (Lipinski definition) is 5. The molecule has 0 fully saturated rings. The summed E-state index contributed by atoms with van der Waals surface area (Å²) in [7, 11) is 0. The highest BCUT2D eigenvalue weighted by Crippen LogP contribution is 2.29. The second kappa shape index (κ2) is 5.54. The zero-order chi connectivity index (χ0) is 14.9. The molecular formula is C13H16N4O2S. The number of nitrogen functional groups attached to an aromatic ring is 1. The molecule has 0 amide bonds. The molecule has 2 rings (SSSR count). The molecule has 0 aliphatic rings. The minimum atomic E-state index is -0.246. The first-order valence-electron chi connectivity index (χ1n) is 6.15. The minimum absolute atomic E-state index is 0.00445. The molecule has 0 unspecified atom stereocenters. The van der Waals surface area contributed by atoms with Crippen LogP contribution >= 0.6 is 11.8 Å². The smallest absolute Gasteiger partial charge is 0.344 e. The van der Waals surface area contributed by atoms with Crippen LogP contribution in [0.25, 0.3) is 0 Å². The van der Waals surface area contributed by atoms with Crippen LogP contribution in [0.4, 0.5) is 5.69 Å². The summed E-state index contributed by atoms with van der Waals surface area (Å²) >= 11 is 1.32. The van der Waals surface area contributed by atoms with Crippen molar-refractivity contribution in [2.24, 2.45) is 0 Å². The predicted molar refractivity (Wildman–Crippen MR) is 78.2 cm³/mol. The molecule has 106 valence electrons. The molecule has 3 N–H and O–H groups in total. The number of carbonyl (C=O) groups excluding carboxylic acids is 1. The Kier molecular flexibility index (Phi) is 3.99. The van der Waals surface area contributed by atoms with Crippen molar-refractivity contribution in [1.29, 1.82) is 0 Å². The van der Waals surface area contributed by atoms with Crippen LogP contribution in [0.2, 0.25) is 0 Å². The van der Waals surface area contributed by atoms with Crippen LogP contribution in [-0.4, -0.2) is 20.5 Å². The number of nitrogens with zero attached hydrogens (tertiary/aromatic N) is 2. The van der Waals surface area contributed by atoms with Gasteiger partial charge in [0.1, 0.15) is 0 Å². The highest BCUT2D eigenvalue weighted by Gasteiger charge is 2.14. The SMILES string of the molecule is CC(=O)c1cc(Sc2n[nH]c(=O)n2C(C)C)ccc1N. The highest BCUT2D eigenvalue weighted by molar-refractivity contribution is 7.99. The second-order valence-electron chi connectivity index (χ2n) is 4.68. The van der Waals surface area contributed by atoms with Gasteiger partial charge < -0.3 is 5.73 Å². The number of nitrogens with one attached hydrogen (secondary N) is 1. The number of hydrogen-bond donors (Lipinski definition) is 2. The van der Waals surface area contributed by atoms with Crippen molar-refractivity contribution in [3.05, 3.63) is 34.2 Å². The highest BCUT2D eigenvalue weighted by atomic mass is 32.2. The number of aromatic nitrogens is 3. The first-order valence-corrected chi connectivity index (χ1v) is 6.97. The molecule has 0 saturated carbocycles. The summed E-state index contributed by atoms with van der Waals surface area (Å²) in [4.78, 5) is 24.0. The van der Waals surface area contributed by atoms with E-state index in [1.807, 2.05) is 13.8 Å². The summed E-state index contributed by atoms with van der Waals surface area (Å²) in [5.41, 5.74) is 6.44. The predicted octanol–water partition coefficient (Wildman–Crippen LogP) is 2.09. The van der Waals surface area contributed by atoms with Gasteiger partial charge in [0.2, 0.25) is 0 Å². The van der Waals surface area contributed by atoms with Gasteiger partial charge >= 0.3 is 5.69 Å². The number of nitrogens with two attached hydrogens (primary N) is 1. The fraction of sp³-hybridized carbons (Fsp3) is 0.308. The average molecular weight is 292 g/mol. The van der Waals surface area contributed by atoms with Crippen molar-refractivity contribution in [3.63, 3.8) is 0 Å². The zero-order valence-corrected chi connectivity index (χ0v) is 12.3. The average Bonchev–Trinajstić information content (AvgIpc) is 2.72. The third kappa shape index (κ3) is 2.77. The van der Waals surface area contributed by atoms with Crippen molar-refractivity contribution < 1.29 is 4.79 Å². The van der Waals surface area contributed by atoms with Crippen LogP contribution in [0.5, 0.6) is 0 Å². The zero-order valence-electron chi connectivity index (χ0n) is 11.5. The number of ketones is 1. The maximum Gasteiger partial charge on any atom is 0.344 e. The van der Waals surface area contributed by atoms with E-state index in [1.54, 1.807) is 22.8 Å². The number of H-pyrrole nitrogens is 1. The summed E-state index contributed by atoms with van der Waals surface area (Å²) in [5.74, 6) is -0.0896. The minimum Gasteiger partial charge on any atom is -0.398 e. The van der Waals surface area contributed by atoms with E-state index in [9.17, 15) is 9.59 Å². The largest absolute Gasteiger partial charge is 0.398 e. The Balaban J connectivity index is 2.38. The van der Waals surface area contributed by atoms with Gasteiger partial charge in [0.05, 0.1) is 0 Å². The van der Waals surface area contributed by atoms with E-state index in [1.165, 1.54) is 18.7 Å². The molecule has 0 spiro atoms. The van der Waals surface area contributed by atoms with Crippen molar-refractivity contribution >= 4 is 23.2 Å². The Morgan fingerprint density at radius 3 is 2.75 bits per heavy atom. The lowest BCUT2D eigenvalue weighted by Crippen LogP contribution is -2.19. The summed E-state index contributed by atoms with van der Waals surface area (Å²) in [5, 5.41) is 6.99. The van der Waals surface area contributed by atoms with Crippen LogP contribution in [-0.2, 0) is 0 Å². The molecule has 6 nitrogen and oxygen atoms in total. The number of carbonyl (C=O) groups is 1. The lowest BCUT2D eigenvalue weighted by atomic mass is 10.1. The van der Waals surface area contributed by atoms with Gasteiger partial charge in [-0.25, -0.2) is 9.89 Å². The normalized spacial score (nSPS) is 11.0. The lowest BCUT2D eigenvalue weighted by Gasteiger charge is -2.09. The van der Waals surface area contributed by atoms with E-state index in [-0.39, 0.29) is 17.5 Å². The van der Waals surface area contributed by atoms with Crippen LogP contribution in [0.1, 0.15) is 37.2 Å². The van der Waals surface area contributed by atoms with Gasteiger partial charge in [-0.05, 0) is 50.7 Å². The molecule has 1 aromatic heterocycles. The molecule has 7 heteroatoms. The van der Waals surface area contributed by atoms with Crippen molar-refractivity contribution in [2.75, 3.05) is 5.73 Å². The summed E-state index contributed by atoms with van der Waals surface area (Å²) in [6.07, 6.45) is 0. The molecule has 0 atom stereocenters. The Bertz CT molecular complexity index is 703. The number of benzene rings is 1. The third-order valence-electron chi connectivity index (χ3n) is 2.80. The monoisotopic (exact) mass is 292 g/mol. The van der Waals surface area contributed by atoms with Crippen LogP contribution in [0.3, 0.4) is 0 Å². The number of rotatable bonds is 4. The summed E-state index contributed by atoms with van der Waals surface area (Å²) in [6, 6.07) is 5.20. The maximum atomic E-state index is 11.7. The summed E-state index contributed by atoms with van der Waals surface area (Å²) in [6.45, 7) is 5.29. The van der Waals surface area contributed by atoms with Gasteiger partial charge in [0.15, 0.2) is 10.9 Å². The second-order valence-corrected chi connectivity index (χ2v) is 5.72. The number of anilines is 1. The Morgan fingerprint density at radius 2 is 2.15 bits per heavy atom. The van der Waals surface area contributed by atoms with Gasteiger partial charge in [-0.1, -0.05) is 0 Å². The van der Waals surface area contributed by atoms with Gasteiger partial charge in [0.25, 0.3) is 0 Å². The van der Waals surface area contributed by atoms with Gasteiger partial charge in [-0.15, -0.1) is 5.10 Å². The molecule has 0 bridgehead atoms. The molecule has 20 heavy (non-hydrogen) atoms. The van der Waals surface area contributed by atoms with Crippen LogP contribution < -0.4 is 11.4 Å². The fourth-order valence-corrected chi connectivity index (χ4v) is 2.83. The van der Waals surface area contributed by atoms with Crippen molar-refractivity contribution in [2.45, 2.75) is 36.9 Å². The van der Waals surface area contributed by atoms with Gasteiger partial charge in [0, 0.05) is 22.2 Å². The molecule has 0 aliphatic heterocycles. The van der Waals surface area contributed by atoms with E-state index in [4.69, 9.17) is 5.73 Å².